The minimum Gasteiger partial charge on any atom is -0.371 e. The molecule has 1 aromatic carbocycles. The van der Waals surface area contributed by atoms with Gasteiger partial charge in [-0.25, -0.2) is 0 Å². The fourth-order valence-electron chi connectivity index (χ4n) is 2.00. The molecule has 0 aliphatic carbocycles. The maximum absolute atomic E-state index is 9.42. The lowest BCUT2D eigenvalue weighted by Crippen LogP contribution is -2.27. The van der Waals surface area contributed by atoms with Gasteiger partial charge in [-0.2, -0.15) is 10.5 Å². The van der Waals surface area contributed by atoms with E-state index in [2.05, 4.69) is 18.7 Å². The van der Waals surface area contributed by atoms with Gasteiger partial charge in [-0.1, -0.05) is 35.9 Å². The number of hydrogen-bond acceptors (Lipinski definition) is 3. The lowest BCUT2D eigenvalue weighted by molar-refractivity contribution is 0.0112. The van der Waals surface area contributed by atoms with Crippen LogP contribution in [0.3, 0.4) is 0 Å². The van der Waals surface area contributed by atoms with Crippen molar-refractivity contribution in [2.75, 3.05) is 6.61 Å². The molecule has 0 saturated heterocycles. The maximum Gasteiger partial charge on any atom is 0.177 e. The number of rotatable bonds is 6. The van der Waals surface area contributed by atoms with Gasteiger partial charge in [0.05, 0.1) is 12.1 Å². The van der Waals surface area contributed by atoms with Crippen molar-refractivity contribution in [2.24, 2.45) is 5.41 Å². The first-order valence-electron chi connectivity index (χ1n) is 6.25. The van der Waals surface area contributed by atoms with Gasteiger partial charge in [0.2, 0.25) is 0 Å². The Morgan fingerprint density at radius 1 is 1.32 bits per heavy atom. The number of nitrogens with zero attached hydrogens (tertiary/aromatic N) is 2. The van der Waals surface area contributed by atoms with Crippen molar-refractivity contribution < 1.29 is 4.74 Å². The Morgan fingerprint density at radius 3 is 2.32 bits per heavy atom. The van der Waals surface area contributed by atoms with Crippen LogP contribution in [0, 0.1) is 35.0 Å². The van der Waals surface area contributed by atoms with E-state index in [-0.39, 0.29) is 6.42 Å². The zero-order chi connectivity index (χ0) is 14.3. The standard InChI is InChI=1S/C16H18N2O/c1-4-10-16(11-17,12-18)15(19-5-2)14-8-6-13(3)7-9-14/h4,6-9,15H,1,5,10H2,2-3H3. The number of ether oxygens (including phenoxy) is 1. The van der Waals surface area contributed by atoms with Gasteiger partial charge in [0.25, 0.3) is 0 Å². The van der Waals surface area contributed by atoms with E-state index in [0.717, 1.165) is 11.1 Å². The molecule has 1 rings (SSSR count). The summed E-state index contributed by atoms with van der Waals surface area (Å²) < 4.78 is 5.67. The van der Waals surface area contributed by atoms with E-state index in [1.165, 1.54) is 0 Å². The second-order valence-electron chi connectivity index (χ2n) is 4.43. The average molecular weight is 254 g/mol. The van der Waals surface area contributed by atoms with E-state index < -0.39 is 11.5 Å². The van der Waals surface area contributed by atoms with Gasteiger partial charge in [-0.3, -0.25) is 0 Å². The quantitative estimate of drug-likeness (QED) is 0.727. The lowest BCUT2D eigenvalue weighted by atomic mass is 9.78. The predicted octanol–water partition coefficient (Wildman–Crippen LogP) is 3.68. The zero-order valence-electron chi connectivity index (χ0n) is 11.4. The van der Waals surface area contributed by atoms with Crippen molar-refractivity contribution in [3.05, 3.63) is 48.0 Å². The Balaban J connectivity index is 3.25. The van der Waals surface area contributed by atoms with Crippen molar-refractivity contribution in [1.82, 2.24) is 0 Å². The van der Waals surface area contributed by atoms with Crippen LogP contribution in [0.5, 0.6) is 0 Å². The predicted molar refractivity (Wildman–Crippen MR) is 74.0 cm³/mol. The van der Waals surface area contributed by atoms with Gasteiger partial charge >= 0.3 is 0 Å². The molecule has 0 bridgehead atoms. The van der Waals surface area contributed by atoms with E-state index in [1.54, 1.807) is 6.08 Å². The molecule has 19 heavy (non-hydrogen) atoms. The molecule has 1 aromatic rings. The van der Waals surface area contributed by atoms with Crippen LogP contribution in [0.2, 0.25) is 0 Å². The van der Waals surface area contributed by atoms with Gasteiger partial charge in [0.15, 0.2) is 5.41 Å². The molecule has 0 amide bonds. The summed E-state index contributed by atoms with van der Waals surface area (Å²) in [5.41, 5.74) is 0.743. The van der Waals surface area contributed by atoms with E-state index >= 15 is 0 Å². The molecule has 0 radical (unpaired) electrons. The third-order valence-corrected chi connectivity index (χ3v) is 3.03. The Kier molecular flexibility index (Phi) is 5.30. The highest BCUT2D eigenvalue weighted by molar-refractivity contribution is 5.31. The third-order valence-electron chi connectivity index (χ3n) is 3.03. The summed E-state index contributed by atoms with van der Waals surface area (Å²) in [6.07, 6.45) is 1.30. The van der Waals surface area contributed by atoms with Crippen molar-refractivity contribution in [3.63, 3.8) is 0 Å². The zero-order valence-corrected chi connectivity index (χ0v) is 11.4. The second kappa shape index (κ2) is 6.73. The van der Waals surface area contributed by atoms with Crippen molar-refractivity contribution in [2.45, 2.75) is 26.4 Å². The minimum atomic E-state index is -1.23. The molecular weight excluding hydrogens is 236 g/mol. The van der Waals surface area contributed by atoms with E-state index in [9.17, 15) is 10.5 Å². The molecule has 1 atom stereocenters. The fourth-order valence-corrected chi connectivity index (χ4v) is 2.00. The summed E-state index contributed by atoms with van der Waals surface area (Å²) in [7, 11) is 0. The van der Waals surface area contributed by atoms with Crippen LogP contribution < -0.4 is 0 Å². The number of nitriles is 2. The van der Waals surface area contributed by atoms with Crippen LogP contribution in [0.4, 0.5) is 0 Å². The van der Waals surface area contributed by atoms with E-state index in [0.29, 0.717) is 6.61 Å². The molecule has 3 nitrogen and oxygen atoms in total. The molecule has 0 aromatic heterocycles. The second-order valence-corrected chi connectivity index (χ2v) is 4.43. The Labute approximate surface area is 114 Å². The first kappa shape index (κ1) is 15.0. The summed E-state index contributed by atoms with van der Waals surface area (Å²) in [5.74, 6) is 0. The molecule has 98 valence electrons. The average Bonchev–Trinajstić information content (AvgIpc) is 2.44. The van der Waals surface area contributed by atoms with E-state index in [4.69, 9.17) is 4.74 Å². The van der Waals surface area contributed by atoms with Gasteiger partial charge in [0, 0.05) is 6.61 Å². The topological polar surface area (TPSA) is 56.8 Å². The Hall–Kier alpha value is -2.10. The van der Waals surface area contributed by atoms with Gasteiger partial charge in [-0.05, 0) is 25.8 Å². The number of benzene rings is 1. The van der Waals surface area contributed by atoms with Crippen LogP contribution in [0.25, 0.3) is 0 Å². The van der Waals surface area contributed by atoms with E-state index in [1.807, 2.05) is 38.1 Å². The fraction of sp³-hybridized carbons (Fsp3) is 0.375. The molecule has 0 spiro atoms. The van der Waals surface area contributed by atoms with Crippen LogP contribution in [-0.4, -0.2) is 6.61 Å². The molecule has 0 fully saturated rings. The number of aryl methyl sites for hydroxylation is 1. The van der Waals surface area contributed by atoms with Gasteiger partial charge in [0.1, 0.15) is 6.10 Å². The van der Waals surface area contributed by atoms with Crippen molar-refractivity contribution in [3.8, 4) is 12.1 Å². The first-order chi connectivity index (χ1) is 9.13. The minimum absolute atomic E-state index is 0.276. The van der Waals surface area contributed by atoms with Crippen LogP contribution >= 0.6 is 0 Å². The third kappa shape index (κ3) is 3.22. The number of allylic oxidation sites excluding steroid dienone is 1. The molecule has 0 heterocycles. The Bertz CT molecular complexity index is 491. The lowest BCUT2D eigenvalue weighted by Gasteiger charge is -2.28. The highest BCUT2D eigenvalue weighted by Crippen LogP contribution is 2.39. The summed E-state index contributed by atoms with van der Waals surface area (Å²) in [4.78, 5) is 0. The van der Waals surface area contributed by atoms with Crippen LogP contribution in [-0.2, 0) is 4.74 Å². The molecule has 0 aliphatic heterocycles. The van der Waals surface area contributed by atoms with Crippen molar-refractivity contribution in [1.29, 1.82) is 10.5 Å². The molecule has 0 N–H and O–H groups in total. The van der Waals surface area contributed by atoms with Gasteiger partial charge < -0.3 is 4.74 Å². The molecule has 1 unspecified atom stereocenters. The van der Waals surface area contributed by atoms with Crippen molar-refractivity contribution >= 4 is 0 Å². The Morgan fingerprint density at radius 2 is 1.89 bits per heavy atom. The SMILES string of the molecule is C=CCC(C#N)(C#N)C(OCC)c1ccc(C)cc1. The summed E-state index contributed by atoms with van der Waals surface area (Å²) in [6, 6.07) is 11.9. The smallest absolute Gasteiger partial charge is 0.177 e. The summed E-state index contributed by atoms with van der Waals surface area (Å²) in [6.45, 7) is 7.93. The molecule has 0 saturated carbocycles. The summed E-state index contributed by atoms with van der Waals surface area (Å²) in [5, 5.41) is 18.8. The number of hydrogen-bond donors (Lipinski definition) is 0. The maximum atomic E-state index is 9.42. The largest absolute Gasteiger partial charge is 0.371 e. The van der Waals surface area contributed by atoms with Crippen LogP contribution in [0.1, 0.15) is 30.6 Å². The monoisotopic (exact) mass is 254 g/mol. The van der Waals surface area contributed by atoms with Crippen LogP contribution in [0.15, 0.2) is 36.9 Å². The molecule has 0 aliphatic rings. The highest BCUT2D eigenvalue weighted by Gasteiger charge is 2.40. The normalized spacial score (nSPS) is 12.2. The molecular formula is C16H18N2O. The highest BCUT2D eigenvalue weighted by atomic mass is 16.5. The first-order valence-corrected chi connectivity index (χ1v) is 6.25. The summed E-state index contributed by atoms with van der Waals surface area (Å²) >= 11 is 0. The molecule has 3 heteroatoms. The van der Waals surface area contributed by atoms with Gasteiger partial charge in [-0.15, -0.1) is 6.58 Å².